The summed E-state index contributed by atoms with van der Waals surface area (Å²) in [6.45, 7) is 6.61. The van der Waals surface area contributed by atoms with Crippen LogP contribution >= 0.6 is 0 Å². The lowest BCUT2D eigenvalue weighted by atomic mass is 10.2. The third-order valence-electron chi connectivity index (χ3n) is 3.14. The zero-order valence-electron chi connectivity index (χ0n) is 11.9. The number of pyridine rings is 1. The second-order valence-electron chi connectivity index (χ2n) is 4.49. The smallest absolute Gasteiger partial charge is 0.137 e. The summed E-state index contributed by atoms with van der Waals surface area (Å²) in [5.41, 5.74) is 2.09. The van der Waals surface area contributed by atoms with Gasteiger partial charge in [0, 0.05) is 30.5 Å². The molecule has 0 atom stereocenters. The average Bonchev–Trinajstić information content (AvgIpc) is 2.49. The Labute approximate surface area is 119 Å². The highest BCUT2D eigenvalue weighted by Crippen LogP contribution is 2.26. The van der Waals surface area contributed by atoms with Gasteiger partial charge in [-0.3, -0.25) is 0 Å². The van der Waals surface area contributed by atoms with E-state index in [1.54, 1.807) is 18.3 Å². The molecule has 0 saturated heterocycles. The molecule has 4 heteroatoms. The van der Waals surface area contributed by atoms with Crippen LogP contribution in [0.1, 0.15) is 19.4 Å². The fourth-order valence-corrected chi connectivity index (χ4v) is 2.15. The first-order chi connectivity index (χ1) is 9.76. The van der Waals surface area contributed by atoms with E-state index in [0.717, 1.165) is 36.7 Å². The van der Waals surface area contributed by atoms with Gasteiger partial charge in [-0.1, -0.05) is 13.0 Å². The predicted octanol–water partition coefficient (Wildman–Crippen LogP) is 3.49. The summed E-state index contributed by atoms with van der Waals surface area (Å²) in [4.78, 5) is 6.58. The van der Waals surface area contributed by atoms with Gasteiger partial charge in [-0.15, -0.1) is 0 Å². The molecule has 0 saturated carbocycles. The molecule has 0 spiro atoms. The van der Waals surface area contributed by atoms with Gasteiger partial charge in [0.15, 0.2) is 0 Å². The highest BCUT2D eigenvalue weighted by molar-refractivity contribution is 5.62. The molecular formula is C16H20FN3. The van der Waals surface area contributed by atoms with Crippen molar-refractivity contribution in [1.29, 1.82) is 0 Å². The lowest BCUT2D eigenvalue weighted by Gasteiger charge is -2.24. The Bertz CT molecular complexity index is 540. The number of anilines is 2. The van der Waals surface area contributed by atoms with Crippen LogP contribution in [-0.4, -0.2) is 18.1 Å². The molecule has 0 fully saturated rings. The molecule has 2 rings (SSSR count). The largest absolute Gasteiger partial charge is 0.326 e. The molecule has 1 heterocycles. The number of nitrogens with zero attached hydrogens (tertiary/aromatic N) is 2. The quantitative estimate of drug-likeness (QED) is 0.873. The summed E-state index contributed by atoms with van der Waals surface area (Å²) in [6.07, 6.45) is 1.79. The number of aromatic nitrogens is 1. The monoisotopic (exact) mass is 273 g/mol. The summed E-state index contributed by atoms with van der Waals surface area (Å²) in [7, 11) is 0. The molecule has 1 aromatic heterocycles. The van der Waals surface area contributed by atoms with Crippen LogP contribution in [0.3, 0.4) is 0 Å². The van der Waals surface area contributed by atoms with Crippen molar-refractivity contribution in [3.63, 3.8) is 0 Å². The highest BCUT2D eigenvalue weighted by atomic mass is 19.1. The first-order valence-electron chi connectivity index (χ1n) is 6.94. The number of halogens is 1. The molecule has 0 radical (unpaired) electrons. The van der Waals surface area contributed by atoms with Gasteiger partial charge < -0.3 is 10.2 Å². The molecule has 0 bridgehead atoms. The van der Waals surface area contributed by atoms with Crippen LogP contribution in [0, 0.1) is 5.82 Å². The molecule has 0 unspecified atom stereocenters. The third kappa shape index (κ3) is 3.33. The third-order valence-corrected chi connectivity index (χ3v) is 3.14. The van der Waals surface area contributed by atoms with Gasteiger partial charge in [0.2, 0.25) is 0 Å². The fourth-order valence-electron chi connectivity index (χ4n) is 2.15. The van der Waals surface area contributed by atoms with Crippen molar-refractivity contribution in [3.05, 3.63) is 54.0 Å². The van der Waals surface area contributed by atoms with Gasteiger partial charge in [0.25, 0.3) is 0 Å². The summed E-state index contributed by atoms with van der Waals surface area (Å²) in [6, 6.07) is 10.5. The fraction of sp³-hybridized carbons (Fsp3) is 0.312. The maximum absolute atomic E-state index is 13.1. The molecular weight excluding hydrogens is 253 g/mol. The number of benzene rings is 1. The normalized spacial score (nSPS) is 10.6. The number of nitrogens with one attached hydrogen (secondary N) is 1. The van der Waals surface area contributed by atoms with Crippen LogP contribution in [0.4, 0.5) is 15.9 Å². The second kappa shape index (κ2) is 7.01. The SMILES string of the molecule is CCNCc1cccnc1N(CC)c1ccc(F)cc1. The van der Waals surface area contributed by atoms with Crippen LogP contribution < -0.4 is 10.2 Å². The number of hydrogen-bond acceptors (Lipinski definition) is 3. The Kier molecular flexibility index (Phi) is 5.07. The van der Waals surface area contributed by atoms with Crippen molar-refractivity contribution in [2.45, 2.75) is 20.4 Å². The highest BCUT2D eigenvalue weighted by Gasteiger charge is 2.12. The van der Waals surface area contributed by atoms with E-state index in [2.05, 4.69) is 35.1 Å². The number of hydrogen-bond donors (Lipinski definition) is 1. The van der Waals surface area contributed by atoms with Crippen molar-refractivity contribution in [2.75, 3.05) is 18.0 Å². The lowest BCUT2D eigenvalue weighted by Crippen LogP contribution is -2.21. The lowest BCUT2D eigenvalue weighted by molar-refractivity contribution is 0.627. The first-order valence-corrected chi connectivity index (χ1v) is 6.94. The molecule has 2 aromatic rings. The average molecular weight is 273 g/mol. The Morgan fingerprint density at radius 1 is 1.15 bits per heavy atom. The molecule has 20 heavy (non-hydrogen) atoms. The van der Waals surface area contributed by atoms with E-state index in [9.17, 15) is 4.39 Å². The van der Waals surface area contributed by atoms with E-state index < -0.39 is 0 Å². The molecule has 0 aliphatic rings. The van der Waals surface area contributed by atoms with E-state index >= 15 is 0 Å². The number of rotatable bonds is 6. The Morgan fingerprint density at radius 3 is 2.55 bits per heavy atom. The standard InChI is InChI=1S/C16H20FN3/c1-3-18-12-13-6-5-11-19-16(13)20(4-2)15-9-7-14(17)8-10-15/h5-11,18H,3-4,12H2,1-2H3. The van der Waals surface area contributed by atoms with Crippen molar-refractivity contribution in [1.82, 2.24) is 10.3 Å². The first kappa shape index (κ1) is 14.5. The molecule has 0 aliphatic carbocycles. The van der Waals surface area contributed by atoms with E-state index in [4.69, 9.17) is 0 Å². The predicted molar refractivity (Wildman–Crippen MR) is 80.7 cm³/mol. The van der Waals surface area contributed by atoms with E-state index in [1.165, 1.54) is 12.1 Å². The summed E-state index contributed by atoms with van der Waals surface area (Å²) >= 11 is 0. The Morgan fingerprint density at radius 2 is 1.90 bits per heavy atom. The van der Waals surface area contributed by atoms with Crippen LogP contribution in [0.15, 0.2) is 42.6 Å². The summed E-state index contributed by atoms with van der Waals surface area (Å²) < 4.78 is 13.1. The minimum absolute atomic E-state index is 0.223. The summed E-state index contributed by atoms with van der Waals surface area (Å²) in [5.74, 6) is 0.696. The molecule has 106 valence electrons. The van der Waals surface area contributed by atoms with Crippen molar-refractivity contribution in [3.8, 4) is 0 Å². The van der Waals surface area contributed by atoms with Crippen LogP contribution in [0.25, 0.3) is 0 Å². The molecule has 3 nitrogen and oxygen atoms in total. The van der Waals surface area contributed by atoms with Crippen molar-refractivity contribution in [2.24, 2.45) is 0 Å². The van der Waals surface area contributed by atoms with Crippen molar-refractivity contribution < 1.29 is 4.39 Å². The minimum Gasteiger partial charge on any atom is -0.326 e. The Balaban J connectivity index is 2.33. The van der Waals surface area contributed by atoms with Gasteiger partial charge in [-0.2, -0.15) is 0 Å². The molecule has 0 aliphatic heterocycles. The topological polar surface area (TPSA) is 28.2 Å². The molecule has 0 amide bonds. The van der Waals surface area contributed by atoms with Crippen molar-refractivity contribution >= 4 is 11.5 Å². The van der Waals surface area contributed by atoms with Crippen LogP contribution in [0.2, 0.25) is 0 Å². The van der Waals surface area contributed by atoms with E-state index in [1.807, 2.05) is 6.07 Å². The molecule has 1 aromatic carbocycles. The van der Waals surface area contributed by atoms with Gasteiger partial charge in [-0.25, -0.2) is 9.37 Å². The van der Waals surface area contributed by atoms with Crippen LogP contribution in [0.5, 0.6) is 0 Å². The van der Waals surface area contributed by atoms with Gasteiger partial charge >= 0.3 is 0 Å². The van der Waals surface area contributed by atoms with Crippen LogP contribution in [-0.2, 0) is 6.54 Å². The van der Waals surface area contributed by atoms with Gasteiger partial charge in [-0.05, 0) is 43.8 Å². The molecule has 1 N–H and O–H groups in total. The minimum atomic E-state index is -0.223. The zero-order valence-corrected chi connectivity index (χ0v) is 11.9. The van der Waals surface area contributed by atoms with Gasteiger partial charge in [0.05, 0.1) is 0 Å². The zero-order chi connectivity index (χ0) is 14.4. The second-order valence-corrected chi connectivity index (χ2v) is 4.49. The van der Waals surface area contributed by atoms with E-state index in [-0.39, 0.29) is 5.82 Å². The van der Waals surface area contributed by atoms with E-state index in [0.29, 0.717) is 0 Å². The maximum atomic E-state index is 13.1. The van der Waals surface area contributed by atoms with Gasteiger partial charge in [0.1, 0.15) is 11.6 Å². The Hall–Kier alpha value is -1.94. The summed E-state index contributed by atoms with van der Waals surface area (Å²) in [5, 5.41) is 3.32. The maximum Gasteiger partial charge on any atom is 0.137 e.